The fourth-order valence-corrected chi connectivity index (χ4v) is 7.34. The van der Waals surface area contributed by atoms with E-state index in [0.717, 1.165) is 35.2 Å². The number of amides is 2. The third-order valence-electron chi connectivity index (χ3n) is 10.9. The molecule has 3 aromatic rings. The lowest BCUT2D eigenvalue weighted by Gasteiger charge is -2.39. The van der Waals surface area contributed by atoms with Gasteiger partial charge in [-0.3, -0.25) is 14.4 Å². The first-order valence-corrected chi connectivity index (χ1v) is 17.5. The lowest BCUT2D eigenvalue weighted by molar-refractivity contribution is -0.159. The molecular weight excluding hydrogens is 623 g/mol. The number of ether oxygens (including phenoxy) is 3. The number of carbonyl (C=O) groups excluding carboxylic acids is 3. The van der Waals surface area contributed by atoms with E-state index in [9.17, 15) is 14.4 Å². The highest BCUT2D eigenvalue weighted by Crippen LogP contribution is 2.41. The molecule has 3 aromatic carbocycles. The number of fused-ring (bicyclic) bond motifs is 1. The normalized spacial score (nSPS) is 24.4. The van der Waals surface area contributed by atoms with E-state index in [2.05, 4.69) is 17.6 Å². The molecule has 0 bridgehead atoms. The van der Waals surface area contributed by atoms with Gasteiger partial charge in [0.2, 0.25) is 5.91 Å². The summed E-state index contributed by atoms with van der Waals surface area (Å²) in [5.41, 5.74) is 0.557. The number of carbonyl (C=O) groups is 3. The van der Waals surface area contributed by atoms with Crippen molar-refractivity contribution in [2.24, 2.45) is 16.7 Å². The van der Waals surface area contributed by atoms with Crippen molar-refractivity contribution in [3.8, 4) is 11.5 Å². The summed E-state index contributed by atoms with van der Waals surface area (Å²) in [5.74, 6) is -1.80. The van der Waals surface area contributed by atoms with Crippen molar-refractivity contribution >= 4 is 28.6 Å². The molecule has 2 N–H and O–H groups in total. The van der Waals surface area contributed by atoms with E-state index in [0.29, 0.717) is 45.1 Å². The number of methoxy groups -OCH3 is 1. The second-order valence-electron chi connectivity index (χ2n) is 14.6. The predicted octanol–water partition coefficient (Wildman–Crippen LogP) is 7.43. The number of allylic oxidation sites excluding steroid dienone is 1. The lowest BCUT2D eigenvalue weighted by atomic mass is 9.70. The van der Waals surface area contributed by atoms with Crippen LogP contribution in [-0.2, 0) is 20.9 Å². The Balaban J connectivity index is 1.06. The zero-order valence-electron chi connectivity index (χ0n) is 28.7. The number of benzene rings is 3. The molecule has 0 radical (unpaired) electrons. The average molecular weight is 671 g/mol. The molecule has 9 heteroatoms. The standard InChI is InChI=1S/C40H47FN2O6/c1-39(18-9-19-39)25-42-36(44)30-14-6-7-15-33(30)43-37(45)31-22-35(32(41)23-34(31)47-3)49-28-16-20-40(2,21-17-28)38(46)48-24-27-12-8-11-26-10-4-5-13-29(26)27/h4-8,10-13,22-23,28,30,33H,9,14-21,24-25H2,1-3H3,(H,42,44)(H,43,45)/t28?,30-,33+,40?/m0/s1. The van der Waals surface area contributed by atoms with E-state index in [1.54, 1.807) is 0 Å². The minimum atomic E-state index is -0.680. The number of rotatable bonds is 11. The van der Waals surface area contributed by atoms with Crippen molar-refractivity contribution in [3.05, 3.63) is 83.7 Å². The Morgan fingerprint density at radius 2 is 1.65 bits per heavy atom. The zero-order chi connectivity index (χ0) is 34.6. The fraction of sp³-hybridized carbons (Fsp3) is 0.475. The van der Waals surface area contributed by atoms with Crippen molar-refractivity contribution in [3.63, 3.8) is 0 Å². The smallest absolute Gasteiger partial charge is 0.312 e. The molecule has 6 rings (SSSR count). The van der Waals surface area contributed by atoms with Crippen molar-refractivity contribution < 1.29 is 33.0 Å². The van der Waals surface area contributed by atoms with Crippen LogP contribution in [0.3, 0.4) is 0 Å². The molecular formula is C40H47FN2O6. The fourth-order valence-electron chi connectivity index (χ4n) is 7.34. The maximum absolute atomic E-state index is 15.3. The van der Waals surface area contributed by atoms with E-state index in [-0.39, 0.29) is 47.1 Å². The number of hydrogen-bond acceptors (Lipinski definition) is 6. The van der Waals surface area contributed by atoms with Gasteiger partial charge in [-0.05, 0) is 86.1 Å². The third-order valence-corrected chi connectivity index (χ3v) is 10.9. The maximum atomic E-state index is 15.3. The van der Waals surface area contributed by atoms with Crippen LogP contribution >= 0.6 is 0 Å². The molecule has 0 aromatic heterocycles. The van der Waals surface area contributed by atoms with Crippen molar-refractivity contribution in [2.45, 2.75) is 90.4 Å². The Kier molecular flexibility index (Phi) is 10.3. The summed E-state index contributed by atoms with van der Waals surface area (Å²) in [5, 5.41) is 8.28. The van der Waals surface area contributed by atoms with Crippen LogP contribution in [0.1, 0.15) is 87.6 Å². The second kappa shape index (κ2) is 14.6. The second-order valence-corrected chi connectivity index (χ2v) is 14.6. The van der Waals surface area contributed by atoms with Crippen molar-refractivity contribution in [1.82, 2.24) is 10.6 Å². The van der Waals surface area contributed by atoms with Crippen LogP contribution < -0.4 is 20.1 Å². The van der Waals surface area contributed by atoms with Crippen LogP contribution in [0.5, 0.6) is 11.5 Å². The van der Waals surface area contributed by atoms with Crippen LogP contribution in [0.4, 0.5) is 4.39 Å². The van der Waals surface area contributed by atoms with E-state index in [1.165, 1.54) is 19.6 Å². The number of nitrogens with one attached hydrogen (secondary N) is 2. The molecule has 2 saturated carbocycles. The average Bonchev–Trinajstić information content (AvgIpc) is 3.10. The lowest BCUT2D eigenvalue weighted by Crippen LogP contribution is -2.49. The monoisotopic (exact) mass is 670 g/mol. The molecule has 0 saturated heterocycles. The van der Waals surface area contributed by atoms with Crippen LogP contribution in [0, 0.1) is 22.6 Å². The molecule has 0 unspecified atom stereocenters. The summed E-state index contributed by atoms with van der Waals surface area (Å²) < 4.78 is 32.6. The van der Waals surface area contributed by atoms with Crippen molar-refractivity contribution in [2.75, 3.05) is 13.7 Å². The quantitative estimate of drug-likeness (QED) is 0.163. The van der Waals surface area contributed by atoms with Gasteiger partial charge in [0, 0.05) is 18.7 Å². The van der Waals surface area contributed by atoms with Gasteiger partial charge in [0.05, 0.1) is 30.1 Å². The minimum absolute atomic E-state index is 0.0512. The van der Waals surface area contributed by atoms with Gasteiger partial charge in [0.15, 0.2) is 11.6 Å². The topological polar surface area (TPSA) is 103 Å². The molecule has 0 aliphatic heterocycles. The highest BCUT2D eigenvalue weighted by Gasteiger charge is 2.40. The van der Waals surface area contributed by atoms with Crippen LogP contribution in [0.25, 0.3) is 10.8 Å². The van der Waals surface area contributed by atoms with Crippen LogP contribution in [0.2, 0.25) is 0 Å². The van der Waals surface area contributed by atoms with Crippen LogP contribution in [0.15, 0.2) is 66.7 Å². The Hall–Kier alpha value is -4.40. The van der Waals surface area contributed by atoms with E-state index in [4.69, 9.17) is 14.2 Å². The summed E-state index contributed by atoms with van der Waals surface area (Å²) in [4.78, 5) is 40.0. The predicted molar refractivity (Wildman–Crippen MR) is 186 cm³/mol. The Bertz CT molecular complexity index is 1720. The molecule has 2 atom stereocenters. The Morgan fingerprint density at radius 1 is 0.918 bits per heavy atom. The Morgan fingerprint density at radius 3 is 2.39 bits per heavy atom. The molecule has 3 aliphatic carbocycles. The highest BCUT2D eigenvalue weighted by atomic mass is 19.1. The molecule has 2 amide bonds. The van der Waals surface area contributed by atoms with Gasteiger partial charge in [-0.2, -0.15) is 0 Å². The molecule has 0 spiro atoms. The van der Waals surface area contributed by atoms with Gasteiger partial charge in [-0.25, -0.2) is 4.39 Å². The largest absolute Gasteiger partial charge is 0.496 e. The summed E-state index contributed by atoms with van der Waals surface area (Å²) in [6.07, 6.45) is 10.1. The maximum Gasteiger partial charge on any atom is 0.312 e. The molecule has 8 nitrogen and oxygen atoms in total. The van der Waals surface area contributed by atoms with Crippen LogP contribution in [-0.4, -0.2) is 43.6 Å². The summed E-state index contributed by atoms with van der Waals surface area (Å²) in [6, 6.07) is 16.1. The number of hydrogen-bond donors (Lipinski definition) is 2. The van der Waals surface area contributed by atoms with E-state index in [1.807, 2.05) is 61.5 Å². The molecule has 3 aliphatic rings. The minimum Gasteiger partial charge on any atom is -0.496 e. The van der Waals surface area contributed by atoms with Gasteiger partial charge in [-0.1, -0.05) is 68.0 Å². The number of halogens is 1. The molecule has 260 valence electrons. The van der Waals surface area contributed by atoms with Gasteiger partial charge in [-0.15, -0.1) is 0 Å². The summed E-state index contributed by atoms with van der Waals surface area (Å²) in [7, 11) is 1.38. The van der Waals surface area contributed by atoms with Gasteiger partial charge >= 0.3 is 5.97 Å². The third kappa shape index (κ3) is 7.76. The first-order valence-electron chi connectivity index (χ1n) is 17.5. The van der Waals surface area contributed by atoms with E-state index < -0.39 is 29.1 Å². The van der Waals surface area contributed by atoms with Crippen molar-refractivity contribution in [1.29, 1.82) is 0 Å². The SMILES string of the molecule is COc1cc(F)c(OC2CCC(C)(C(=O)OCc3cccc4ccccc34)CC2)cc1C(=O)N[C@@H]1CC=CC[C@@H]1C(=O)NCC1(C)CCC1. The molecule has 49 heavy (non-hydrogen) atoms. The first kappa shape index (κ1) is 34.5. The highest BCUT2D eigenvalue weighted by molar-refractivity contribution is 5.98. The van der Waals surface area contributed by atoms with Gasteiger partial charge in [0.1, 0.15) is 12.4 Å². The molecule has 0 heterocycles. The number of esters is 1. The first-order chi connectivity index (χ1) is 23.6. The zero-order valence-corrected chi connectivity index (χ0v) is 28.7. The molecule has 2 fully saturated rings. The van der Waals surface area contributed by atoms with Gasteiger partial charge in [0.25, 0.3) is 5.91 Å². The van der Waals surface area contributed by atoms with Gasteiger partial charge < -0.3 is 24.8 Å². The summed E-state index contributed by atoms with van der Waals surface area (Å²) in [6.45, 7) is 4.92. The Labute approximate surface area is 287 Å². The summed E-state index contributed by atoms with van der Waals surface area (Å²) >= 11 is 0. The van der Waals surface area contributed by atoms with E-state index >= 15 is 4.39 Å².